The zero-order chi connectivity index (χ0) is 16.7. The van der Waals surface area contributed by atoms with Crippen molar-refractivity contribution in [1.82, 2.24) is 4.90 Å². The van der Waals surface area contributed by atoms with Crippen molar-refractivity contribution in [3.05, 3.63) is 29.8 Å². The second kappa shape index (κ2) is 5.90. The molecule has 3 atom stereocenters. The van der Waals surface area contributed by atoms with E-state index in [0.717, 1.165) is 43.7 Å². The summed E-state index contributed by atoms with van der Waals surface area (Å²) in [6, 6.07) is 8.12. The third kappa shape index (κ3) is 2.67. The van der Waals surface area contributed by atoms with Gasteiger partial charge in [0, 0.05) is 31.3 Å². The first-order valence-corrected chi connectivity index (χ1v) is 8.43. The van der Waals surface area contributed by atoms with Crippen molar-refractivity contribution in [2.75, 3.05) is 14.2 Å². The second-order valence-electron chi connectivity index (χ2n) is 7.40. The van der Waals surface area contributed by atoms with Crippen LogP contribution in [0.15, 0.2) is 29.3 Å². The Kier molecular flexibility index (Phi) is 4.21. The van der Waals surface area contributed by atoms with E-state index in [0.29, 0.717) is 0 Å². The summed E-state index contributed by atoms with van der Waals surface area (Å²) in [4.78, 5) is 6.66. The largest absolute Gasteiger partial charge is 0.497 e. The Hall–Kier alpha value is -1.42. The number of hydrogen-bond acceptors (Lipinski definition) is 3. The number of alkyl halides is 1. The van der Waals surface area contributed by atoms with Crippen LogP contribution in [0.1, 0.15) is 45.1 Å². The van der Waals surface area contributed by atoms with Crippen LogP contribution in [0.4, 0.5) is 4.39 Å². The molecule has 1 aromatic carbocycles. The maximum absolute atomic E-state index is 15.2. The van der Waals surface area contributed by atoms with Gasteiger partial charge in [0.15, 0.2) is 6.17 Å². The monoisotopic (exact) mass is 318 g/mol. The Morgan fingerprint density at radius 2 is 1.96 bits per heavy atom. The first-order valence-electron chi connectivity index (χ1n) is 8.43. The van der Waals surface area contributed by atoms with Gasteiger partial charge in [-0.15, -0.1) is 0 Å². The van der Waals surface area contributed by atoms with E-state index < -0.39 is 11.7 Å². The van der Waals surface area contributed by atoms with Gasteiger partial charge in [-0.25, -0.2) is 4.39 Å². The number of hydrogen-bond donors (Lipinski definition) is 0. The minimum Gasteiger partial charge on any atom is -0.497 e. The van der Waals surface area contributed by atoms with Crippen LogP contribution in [-0.2, 0) is 6.54 Å². The molecule has 0 spiro atoms. The number of ether oxygens (including phenoxy) is 1. The van der Waals surface area contributed by atoms with E-state index in [-0.39, 0.29) is 5.54 Å². The molecule has 0 aliphatic carbocycles. The highest BCUT2D eigenvalue weighted by atomic mass is 19.1. The first-order chi connectivity index (χ1) is 10.9. The summed E-state index contributed by atoms with van der Waals surface area (Å²) in [5.41, 5.74) is 1.47. The zero-order valence-electron chi connectivity index (χ0n) is 14.6. The highest BCUT2D eigenvalue weighted by molar-refractivity contribution is 5.92. The van der Waals surface area contributed by atoms with Gasteiger partial charge >= 0.3 is 0 Å². The fraction of sp³-hybridized carbons (Fsp3) is 0.632. The van der Waals surface area contributed by atoms with Gasteiger partial charge < -0.3 is 4.74 Å². The molecule has 2 fully saturated rings. The molecule has 2 heterocycles. The Labute approximate surface area is 138 Å². The number of piperidine rings is 2. The van der Waals surface area contributed by atoms with E-state index >= 15 is 4.39 Å². The normalized spacial score (nSPS) is 36.2. The van der Waals surface area contributed by atoms with Crippen LogP contribution in [0.2, 0.25) is 0 Å². The van der Waals surface area contributed by atoms with Gasteiger partial charge in [-0.3, -0.25) is 9.89 Å². The molecule has 2 aliphatic rings. The third-order valence-electron chi connectivity index (χ3n) is 5.85. The number of aliphatic imine (C=N–C) groups is 1. The SMILES string of the molecule is C/N=C1/C[C@@]2(C)CCC[C@@](C)([C@@H]1F)N2Cc1ccc(OC)cc1. The van der Waals surface area contributed by atoms with Crippen LogP contribution in [-0.4, -0.2) is 42.0 Å². The molecule has 0 radical (unpaired) electrons. The quantitative estimate of drug-likeness (QED) is 0.841. The minimum absolute atomic E-state index is 0.00956. The van der Waals surface area contributed by atoms with Gasteiger partial charge in [0.05, 0.1) is 12.6 Å². The maximum Gasteiger partial charge on any atom is 0.156 e. The van der Waals surface area contributed by atoms with Crippen molar-refractivity contribution in [1.29, 1.82) is 0 Å². The van der Waals surface area contributed by atoms with E-state index in [1.54, 1.807) is 14.2 Å². The molecule has 0 aromatic heterocycles. The number of methoxy groups -OCH3 is 1. The van der Waals surface area contributed by atoms with Gasteiger partial charge in [-0.2, -0.15) is 0 Å². The molecule has 23 heavy (non-hydrogen) atoms. The molecular weight excluding hydrogens is 291 g/mol. The summed E-state index contributed by atoms with van der Waals surface area (Å²) >= 11 is 0. The molecule has 4 heteroatoms. The van der Waals surface area contributed by atoms with Crippen LogP contribution < -0.4 is 4.74 Å². The van der Waals surface area contributed by atoms with Crippen LogP contribution >= 0.6 is 0 Å². The van der Waals surface area contributed by atoms with Crippen molar-refractivity contribution in [2.45, 2.75) is 63.3 Å². The standard InChI is InChI=1S/C19H27FN2O/c1-18-10-5-11-19(2,17(20)16(12-18)21-3)22(18)13-14-6-8-15(23-4)9-7-14/h6-9,17H,5,10-13H2,1-4H3/b21-16-/t17-,18-,19+/m1/s1. The molecule has 126 valence electrons. The highest BCUT2D eigenvalue weighted by Crippen LogP contribution is 2.48. The lowest BCUT2D eigenvalue weighted by Gasteiger charge is -2.60. The molecule has 2 bridgehead atoms. The van der Waals surface area contributed by atoms with Crippen LogP contribution in [0, 0.1) is 0 Å². The smallest absolute Gasteiger partial charge is 0.156 e. The van der Waals surface area contributed by atoms with Crippen LogP contribution in [0.5, 0.6) is 5.75 Å². The number of nitrogens with zero attached hydrogens (tertiary/aromatic N) is 2. The lowest BCUT2D eigenvalue weighted by Crippen LogP contribution is -2.70. The van der Waals surface area contributed by atoms with Gasteiger partial charge in [-0.05, 0) is 50.8 Å². The van der Waals surface area contributed by atoms with Crippen molar-refractivity contribution in [3.63, 3.8) is 0 Å². The molecule has 3 nitrogen and oxygen atoms in total. The highest BCUT2D eigenvalue weighted by Gasteiger charge is 2.56. The molecule has 2 aliphatic heterocycles. The van der Waals surface area contributed by atoms with Crippen molar-refractivity contribution in [3.8, 4) is 5.75 Å². The lowest BCUT2D eigenvalue weighted by molar-refractivity contribution is -0.0902. The Morgan fingerprint density at radius 3 is 2.57 bits per heavy atom. The number of fused-ring (bicyclic) bond motifs is 2. The summed E-state index contributed by atoms with van der Waals surface area (Å²) < 4.78 is 20.4. The average Bonchev–Trinajstić information content (AvgIpc) is 2.55. The van der Waals surface area contributed by atoms with Gasteiger partial charge in [-0.1, -0.05) is 12.1 Å². The number of benzene rings is 1. The Balaban J connectivity index is 1.92. The molecule has 2 saturated heterocycles. The van der Waals surface area contributed by atoms with E-state index in [2.05, 4.69) is 35.9 Å². The minimum atomic E-state index is -0.973. The predicted octanol–water partition coefficient (Wildman–Crippen LogP) is 4.01. The summed E-state index contributed by atoms with van der Waals surface area (Å²) in [6.07, 6.45) is 2.84. The number of rotatable bonds is 3. The molecule has 0 saturated carbocycles. The maximum atomic E-state index is 15.2. The predicted molar refractivity (Wildman–Crippen MR) is 92.1 cm³/mol. The van der Waals surface area contributed by atoms with E-state index in [1.807, 2.05) is 12.1 Å². The molecule has 0 unspecified atom stereocenters. The Morgan fingerprint density at radius 1 is 1.26 bits per heavy atom. The van der Waals surface area contributed by atoms with Crippen molar-refractivity contribution < 1.29 is 9.13 Å². The lowest BCUT2D eigenvalue weighted by atomic mass is 9.67. The summed E-state index contributed by atoms with van der Waals surface area (Å²) in [5, 5.41) is 0. The third-order valence-corrected chi connectivity index (χ3v) is 5.85. The summed E-state index contributed by atoms with van der Waals surface area (Å²) in [5.74, 6) is 0.855. The molecule has 3 rings (SSSR count). The fourth-order valence-electron chi connectivity index (χ4n) is 4.48. The van der Waals surface area contributed by atoms with E-state index in [9.17, 15) is 0 Å². The molecule has 1 aromatic rings. The van der Waals surface area contributed by atoms with Gasteiger partial charge in [0.1, 0.15) is 5.75 Å². The van der Waals surface area contributed by atoms with Crippen LogP contribution in [0.3, 0.4) is 0 Å². The van der Waals surface area contributed by atoms with E-state index in [1.165, 1.54) is 5.56 Å². The summed E-state index contributed by atoms with van der Waals surface area (Å²) in [6.45, 7) is 5.11. The van der Waals surface area contributed by atoms with Crippen molar-refractivity contribution >= 4 is 5.71 Å². The topological polar surface area (TPSA) is 24.8 Å². The van der Waals surface area contributed by atoms with E-state index in [4.69, 9.17) is 4.74 Å². The fourth-order valence-corrected chi connectivity index (χ4v) is 4.48. The van der Waals surface area contributed by atoms with Crippen molar-refractivity contribution in [2.24, 2.45) is 4.99 Å². The van der Waals surface area contributed by atoms with Gasteiger partial charge in [0.25, 0.3) is 0 Å². The zero-order valence-corrected chi connectivity index (χ0v) is 14.6. The Bertz CT molecular complexity index is 600. The molecule has 0 amide bonds. The summed E-state index contributed by atoms with van der Waals surface area (Å²) in [7, 11) is 3.40. The number of halogens is 1. The molecular formula is C19H27FN2O. The first kappa shape index (κ1) is 16.4. The van der Waals surface area contributed by atoms with Crippen LogP contribution in [0.25, 0.3) is 0 Å². The average molecular weight is 318 g/mol. The second-order valence-corrected chi connectivity index (χ2v) is 7.40. The van der Waals surface area contributed by atoms with Gasteiger partial charge in [0.2, 0.25) is 0 Å². The molecule has 0 N–H and O–H groups in total.